The molecule has 2 aromatic rings. The fraction of sp³-hybridized carbons (Fsp3) is 0.606. The lowest BCUT2D eigenvalue weighted by Gasteiger charge is -2.46. The van der Waals surface area contributed by atoms with Gasteiger partial charge in [0.1, 0.15) is 11.9 Å². The topological polar surface area (TPSA) is 112 Å². The molecule has 0 bridgehead atoms. The monoisotopic (exact) mass is 563 g/mol. The number of aliphatic hydroxyl groups is 1. The average molecular weight is 564 g/mol. The zero-order valence-corrected chi connectivity index (χ0v) is 24.7. The van der Waals surface area contributed by atoms with Gasteiger partial charge in [0.2, 0.25) is 0 Å². The Balaban J connectivity index is 1.25. The summed E-state index contributed by atoms with van der Waals surface area (Å²) in [6.07, 6.45) is 7.80. The van der Waals surface area contributed by atoms with E-state index < -0.39 is 17.4 Å². The van der Waals surface area contributed by atoms with Gasteiger partial charge in [-0.15, -0.1) is 5.06 Å². The Morgan fingerprint density at radius 2 is 1.85 bits per heavy atom. The highest BCUT2D eigenvalue weighted by Crippen LogP contribution is 2.46. The molecule has 8 heteroatoms. The molecular weight excluding hydrogens is 518 g/mol. The molecule has 2 heterocycles. The van der Waals surface area contributed by atoms with E-state index in [0.29, 0.717) is 18.8 Å². The van der Waals surface area contributed by atoms with Crippen LogP contribution in [0.1, 0.15) is 94.5 Å². The molecule has 3 N–H and O–H groups in total. The maximum Gasteiger partial charge on any atom is 0.335 e. The predicted octanol–water partition coefficient (Wildman–Crippen LogP) is 5.17. The molecule has 2 aliphatic carbocycles. The molecule has 1 aliphatic heterocycles. The molecule has 0 amide bonds. The molecule has 41 heavy (non-hydrogen) atoms. The molecule has 1 atom stereocenters. The van der Waals surface area contributed by atoms with Crippen LogP contribution in [-0.2, 0) is 38.1 Å². The van der Waals surface area contributed by atoms with Crippen LogP contribution in [0.4, 0.5) is 5.82 Å². The Morgan fingerprint density at radius 3 is 2.46 bits per heavy atom. The number of carbonyl (C=O) groups excluding carboxylic acids is 1. The molecule has 0 saturated heterocycles. The molecule has 222 valence electrons. The Labute approximate surface area is 243 Å². The van der Waals surface area contributed by atoms with E-state index in [1.807, 2.05) is 12.1 Å². The number of pyridine rings is 1. The number of nitrogens with one attached hydrogen (secondary N) is 1. The second-order valence-electron chi connectivity index (χ2n) is 13.2. The van der Waals surface area contributed by atoms with Crippen molar-refractivity contribution >= 4 is 17.8 Å². The number of aliphatic carboxylic acids is 1. The van der Waals surface area contributed by atoms with Crippen LogP contribution in [0.5, 0.6) is 0 Å². The van der Waals surface area contributed by atoms with E-state index in [2.05, 4.69) is 50.4 Å². The van der Waals surface area contributed by atoms with Crippen molar-refractivity contribution in [1.82, 2.24) is 10.0 Å². The van der Waals surface area contributed by atoms with E-state index in [0.717, 1.165) is 68.6 Å². The highest BCUT2D eigenvalue weighted by molar-refractivity contribution is 5.84. The summed E-state index contributed by atoms with van der Waals surface area (Å²) in [7, 11) is 0. The van der Waals surface area contributed by atoms with Gasteiger partial charge >= 0.3 is 11.9 Å². The third kappa shape index (κ3) is 6.28. The zero-order valence-electron chi connectivity index (χ0n) is 24.7. The van der Waals surface area contributed by atoms with Gasteiger partial charge < -0.3 is 20.4 Å². The Hall–Kier alpha value is -2.97. The maximum atomic E-state index is 13.8. The summed E-state index contributed by atoms with van der Waals surface area (Å²) in [4.78, 5) is 36.9. The van der Waals surface area contributed by atoms with Gasteiger partial charge in [-0.05, 0) is 91.9 Å². The van der Waals surface area contributed by atoms with E-state index in [1.165, 1.54) is 16.2 Å². The quantitative estimate of drug-likeness (QED) is 0.321. The van der Waals surface area contributed by atoms with Crippen LogP contribution in [-0.4, -0.2) is 57.4 Å². The summed E-state index contributed by atoms with van der Waals surface area (Å²) < 4.78 is 0. The van der Waals surface area contributed by atoms with Gasteiger partial charge in [-0.2, -0.15) is 0 Å². The molecule has 3 aliphatic rings. The Kier molecular flexibility index (Phi) is 8.71. The number of carbonyl (C=O) groups is 2. The number of aliphatic hydroxyl groups excluding tert-OH is 1. The van der Waals surface area contributed by atoms with Crippen molar-refractivity contribution in [1.29, 1.82) is 0 Å². The number of hydrogen-bond donors (Lipinski definition) is 3. The molecule has 2 saturated carbocycles. The average Bonchev–Trinajstić information content (AvgIpc) is 2.89. The van der Waals surface area contributed by atoms with Gasteiger partial charge in [0.05, 0.1) is 5.41 Å². The lowest BCUT2D eigenvalue weighted by atomic mass is 9.64. The molecule has 1 aromatic heterocycles. The summed E-state index contributed by atoms with van der Waals surface area (Å²) >= 11 is 0. The lowest BCUT2D eigenvalue weighted by molar-refractivity contribution is -0.241. The van der Waals surface area contributed by atoms with E-state index in [9.17, 15) is 19.8 Å². The van der Waals surface area contributed by atoms with E-state index in [4.69, 9.17) is 9.82 Å². The maximum absolute atomic E-state index is 13.8. The van der Waals surface area contributed by atoms with Gasteiger partial charge in [-0.3, -0.25) is 4.79 Å². The molecule has 2 fully saturated rings. The number of hydroxylamine groups is 2. The Morgan fingerprint density at radius 1 is 1.12 bits per heavy atom. The first kappa shape index (κ1) is 29.5. The van der Waals surface area contributed by atoms with Crippen LogP contribution in [0.25, 0.3) is 0 Å². The van der Waals surface area contributed by atoms with Gasteiger partial charge in [-0.25, -0.2) is 9.78 Å². The Bertz CT molecular complexity index is 1230. The summed E-state index contributed by atoms with van der Waals surface area (Å²) in [5, 5.41) is 24.4. The van der Waals surface area contributed by atoms with Crippen molar-refractivity contribution in [3.8, 4) is 0 Å². The minimum atomic E-state index is -1.08. The molecule has 0 radical (unpaired) electrons. The molecule has 0 unspecified atom stereocenters. The fourth-order valence-electron chi connectivity index (χ4n) is 6.49. The van der Waals surface area contributed by atoms with Gasteiger partial charge in [-0.1, -0.05) is 57.5 Å². The van der Waals surface area contributed by atoms with Crippen LogP contribution < -0.4 is 5.32 Å². The number of nitrogens with zero attached hydrogens (tertiary/aromatic N) is 2. The predicted molar refractivity (Wildman–Crippen MR) is 158 cm³/mol. The van der Waals surface area contributed by atoms with E-state index >= 15 is 0 Å². The molecular formula is C33H45N3O5. The van der Waals surface area contributed by atoms with Crippen molar-refractivity contribution in [2.24, 2.45) is 5.92 Å². The molecule has 8 nitrogen and oxygen atoms in total. The number of benzene rings is 1. The first-order chi connectivity index (χ1) is 19.6. The van der Waals surface area contributed by atoms with E-state index in [1.54, 1.807) is 0 Å². The highest BCUT2D eigenvalue weighted by Gasteiger charge is 2.50. The van der Waals surface area contributed by atoms with Gasteiger partial charge in [0, 0.05) is 24.9 Å². The molecule has 5 rings (SSSR count). The SMILES string of the molecule is CC(C)(C)c1ccc(C2(C(=O)ON(C3CC(CCc4ccc5c(n4)NCCC5)C3)[C@@H](CCO)C(=O)O)CCC2)cc1. The van der Waals surface area contributed by atoms with Gasteiger partial charge in [0.15, 0.2) is 0 Å². The molecule has 0 spiro atoms. The smallest absolute Gasteiger partial charge is 0.335 e. The van der Waals surface area contributed by atoms with Crippen molar-refractivity contribution < 1.29 is 24.6 Å². The van der Waals surface area contributed by atoms with Crippen LogP contribution in [0.2, 0.25) is 0 Å². The first-order valence-corrected chi connectivity index (χ1v) is 15.3. The molecule has 1 aromatic carbocycles. The number of anilines is 1. The first-order valence-electron chi connectivity index (χ1n) is 15.3. The summed E-state index contributed by atoms with van der Waals surface area (Å²) in [5.74, 6) is -0.0633. The van der Waals surface area contributed by atoms with Crippen molar-refractivity contribution in [3.63, 3.8) is 0 Å². The number of rotatable bonds is 11. The van der Waals surface area contributed by atoms with Crippen LogP contribution in [0.3, 0.4) is 0 Å². The highest BCUT2D eigenvalue weighted by atomic mass is 16.7. The number of carboxylic acids is 1. The van der Waals surface area contributed by atoms with E-state index in [-0.39, 0.29) is 30.5 Å². The van der Waals surface area contributed by atoms with Gasteiger partial charge in [0.25, 0.3) is 0 Å². The minimum Gasteiger partial charge on any atom is -0.480 e. The lowest BCUT2D eigenvalue weighted by Crippen LogP contribution is -2.56. The largest absolute Gasteiger partial charge is 0.480 e. The third-order valence-electron chi connectivity index (χ3n) is 9.42. The number of aromatic nitrogens is 1. The standard InChI is InChI=1S/C33H45N3O5/c1-32(2,3)24-9-11-25(12-10-24)33(16-5-17-33)31(40)41-36(28(15-19-37)30(38)39)27-20-22(21-27)7-13-26-14-8-23-6-4-18-34-29(23)35-26/h8-12,14,22,27-28,37H,4-7,13,15-21H2,1-3H3,(H,34,35)(H,38,39)/t22?,27?,28-/m0/s1. The fourth-order valence-corrected chi connectivity index (χ4v) is 6.49. The number of fused-ring (bicyclic) bond motifs is 1. The summed E-state index contributed by atoms with van der Waals surface area (Å²) in [6, 6.07) is 11.2. The number of hydrogen-bond acceptors (Lipinski definition) is 7. The van der Waals surface area contributed by atoms with Crippen molar-refractivity contribution in [2.45, 2.75) is 108 Å². The second-order valence-corrected chi connectivity index (χ2v) is 13.2. The van der Waals surface area contributed by atoms with Crippen molar-refractivity contribution in [2.75, 3.05) is 18.5 Å². The normalized spacial score (nSPS) is 22.1. The third-order valence-corrected chi connectivity index (χ3v) is 9.42. The summed E-state index contributed by atoms with van der Waals surface area (Å²) in [6.45, 7) is 7.15. The number of aryl methyl sites for hydroxylation is 2. The number of carboxylic acid groups (broad SMARTS) is 1. The minimum absolute atomic E-state index is 0.00308. The summed E-state index contributed by atoms with van der Waals surface area (Å²) in [5.41, 5.74) is 3.72. The zero-order chi connectivity index (χ0) is 29.2. The van der Waals surface area contributed by atoms with Crippen LogP contribution in [0.15, 0.2) is 36.4 Å². The van der Waals surface area contributed by atoms with Crippen LogP contribution >= 0.6 is 0 Å². The van der Waals surface area contributed by atoms with Crippen molar-refractivity contribution in [3.05, 3.63) is 58.8 Å². The second kappa shape index (κ2) is 12.1. The van der Waals surface area contributed by atoms with Crippen LogP contribution in [0, 0.1) is 5.92 Å².